The van der Waals surface area contributed by atoms with Crippen molar-refractivity contribution in [2.75, 3.05) is 37.9 Å². The number of hydrogen-bond acceptors (Lipinski definition) is 7. The highest BCUT2D eigenvalue weighted by Gasteiger charge is 2.36. The molecular weight excluding hydrogens is 427 g/mol. The SMILES string of the molecule is COCC(C)(C)CN(C)c1cc(-c2cc(C3CC3)nc(C(F)(F)F)c2)nc(N)c1[N+](=O)[O-]. The Balaban J connectivity index is 2.13. The molecule has 0 spiro atoms. The smallest absolute Gasteiger partial charge is 0.384 e. The van der Waals surface area contributed by atoms with Gasteiger partial charge in [-0.3, -0.25) is 10.1 Å². The first-order valence-electron chi connectivity index (χ1n) is 10.1. The minimum atomic E-state index is -4.63. The quantitative estimate of drug-likeness (QED) is 0.458. The van der Waals surface area contributed by atoms with Gasteiger partial charge in [-0.2, -0.15) is 13.2 Å². The number of rotatable bonds is 8. The third-order valence-electron chi connectivity index (χ3n) is 5.22. The second-order valence-corrected chi connectivity index (χ2v) is 8.91. The number of nitro groups is 1. The van der Waals surface area contributed by atoms with Crippen LogP contribution < -0.4 is 10.6 Å². The normalized spacial score (nSPS) is 14.5. The van der Waals surface area contributed by atoms with E-state index in [2.05, 4.69) is 9.97 Å². The molecule has 11 heteroatoms. The molecule has 0 aliphatic heterocycles. The van der Waals surface area contributed by atoms with Gasteiger partial charge in [-0.1, -0.05) is 13.8 Å². The molecular formula is C21H26F3N5O3. The van der Waals surface area contributed by atoms with Gasteiger partial charge in [0.2, 0.25) is 5.82 Å². The second-order valence-electron chi connectivity index (χ2n) is 8.91. The summed E-state index contributed by atoms with van der Waals surface area (Å²) in [4.78, 5) is 20.6. The summed E-state index contributed by atoms with van der Waals surface area (Å²) in [6, 6.07) is 3.86. The van der Waals surface area contributed by atoms with Crippen molar-refractivity contribution in [2.24, 2.45) is 5.41 Å². The average Bonchev–Trinajstić information content (AvgIpc) is 3.50. The Bertz CT molecular complexity index is 1020. The number of nitrogen functional groups attached to an aromatic ring is 1. The van der Waals surface area contributed by atoms with Gasteiger partial charge >= 0.3 is 11.9 Å². The molecule has 8 nitrogen and oxygen atoms in total. The van der Waals surface area contributed by atoms with E-state index in [1.54, 1.807) is 25.1 Å². The Hall–Kier alpha value is -2.95. The molecule has 1 saturated carbocycles. The topological polar surface area (TPSA) is 107 Å². The highest BCUT2D eigenvalue weighted by molar-refractivity contribution is 5.79. The van der Waals surface area contributed by atoms with Crippen molar-refractivity contribution in [1.82, 2.24) is 9.97 Å². The second kappa shape index (κ2) is 8.53. The molecule has 0 unspecified atom stereocenters. The third kappa shape index (κ3) is 5.26. The number of hydrogen-bond donors (Lipinski definition) is 1. The summed E-state index contributed by atoms with van der Waals surface area (Å²) in [6.45, 7) is 4.65. The number of nitrogens with two attached hydrogens (primary N) is 1. The lowest BCUT2D eigenvalue weighted by atomic mass is 9.94. The number of halogens is 3. The number of pyridine rings is 2. The van der Waals surface area contributed by atoms with Gasteiger partial charge in [0.15, 0.2) is 0 Å². The molecule has 3 rings (SSSR count). The number of anilines is 2. The molecule has 1 aliphatic carbocycles. The number of aromatic nitrogens is 2. The molecule has 0 saturated heterocycles. The first-order valence-corrected chi connectivity index (χ1v) is 10.1. The lowest BCUT2D eigenvalue weighted by Gasteiger charge is -2.31. The van der Waals surface area contributed by atoms with E-state index < -0.39 is 22.5 Å². The van der Waals surface area contributed by atoms with Crippen molar-refractivity contribution in [1.29, 1.82) is 0 Å². The zero-order chi connectivity index (χ0) is 23.8. The molecule has 2 aromatic rings. The van der Waals surface area contributed by atoms with Crippen molar-refractivity contribution in [3.8, 4) is 11.3 Å². The molecule has 0 atom stereocenters. The maximum Gasteiger partial charge on any atom is 0.433 e. The predicted octanol–water partition coefficient (Wildman–Crippen LogP) is 4.64. The Morgan fingerprint density at radius 3 is 2.44 bits per heavy atom. The lowest BCUT2D eigenvalue weighted by molar-refractivity contribution is -0.383. The molecule has 0 amide bonds. The monoisotopic (exact) mass is 453 g/mol. The van der Waals surface area contributed by atoms with Crippen LogP contribution in [0.25, 0.3) is 11.3 Å². The average molecular weight is 453 g/mol. The van der Waals surface area contributed by atoms with Crippen molar-refractivity contribution in [3.05, 3.63) is 39.7 Å². The summed E-state index contributed by atoms with van der Waals surface area (Å²) in [5.41, 5.74) is 4.94. The largest absolute Gasteiger partial charge is 0.433 e. The summed E-state index contributed by atoms with van der Waals surface area (Å²) in [5, 5.41) is 11.7. The summed E-state index contributed by atoms with van der Waals surface area (Å²) in [6.07, 6.45) is -3.09. The van der Waals surface area contributed by atoms with Gasteiger partial charge in [0.05, 0.1) is 17.2 Å². The maximum atomic E-state index is 13.4. The van der Waals surface area contributed by atoms with Crippen LogP contribution in [-0.2, 0) is 10.9 Å². The molecule has 2 aromatic heterocycles. The Morgan fingerprint density at radius 1 is 1.25 bits per heavy atom. The Kier molecular flexibility index (Phi) is 6.32. The maximum absolute atomic E-state index is 13.4. The van der Waals surface area contributed by atoms with Crippen molar-refractivity contribution in [2.45, 2.75) is 38.8 Å². The molecule has 1 aliphatic rings. The van der Waals surface area contributed by atoms with E-state index >= 15 is 0 Å². The van der Waals surface area contributed by atoms with E-state index in [1.807, 2.05) is 13.8 Å². The minimum absolute atomic E-state index is 0.0246. The number of ether oxygens (including phenoxy) is 1. The third-order valence-corrected chi connectivity index (χ3v) is 5.22. The van der Waals surface area contributed by atoms with Crippen LogP contribution in [0.15, 0.2) is 18.2 Å². The van der Waals surface area contributed by atoms with Gasteiger partial charge in [-0.25, -0.2) is 9.97 Å². The molecule has 0 aromatic carbocycles. The van der Waals surface area contributed by atoms with E-state index in [0.29, 0.717) is 18.8 Å². The molecule has 174 valence electrons. The number of alkyl halides is 3. The van der Waals surface area contributed by atoms with Crippen LogP contribution in [0, 0.1) is 15.5 Å². The van der Waals surface area contributed by atoms with Gasteiger partial charge in [0.1, 0.15) is 11.4 Å². The van der Waals surface area contributed by atoms with E-state index in [9.17, 15) is 23.3 Å². The van der Waals surface area contributed by atoms with Crippen molar-refractivity contribution < 1.29 is 22.8 Å². The molecule has 0 bridgehead atoms. The zero-order valence-corrected chi connectivity index (χ0v) is 18.4. The van der Waals surface area contributed by atoms with Gasteiger partial charge in [-0.15, -0.1) is 0 Å². The fourth-order valence-corrected chi connectivity index (χ4v) is 3.77. The van der Waals surface area contributed by atoms with Gasteiger partial charge < -0.3 is 15.4 Å². The standard InChI is InChI=1S/C21H26F3N5O3/c1-20(2,11-32-4)10-28(3)16-9-15(27-19(25)18(16)29(30)31)13-7-14(12-5-6-12)26-17(8-13)21(22,23)24/h7-9,12H,5-6,10-11H2,1-4H3,(H2,25,27). The molecule has 2 N–H and O–H groups in total. The fraction of sp³-hybridized carbons (Fsp3) is 0.524. The minimum Gasteiger partial charge on any atom is -0.384 e. The summed E-state index contributed by atoms with van der Waals surface area (Å²) >= 11 is 0. The van der Waals surface area contributed by atoms with Crippen LogP contribution in [0.1, 0.15) is 44.0 Å². The van der Waals surface area contributed by atoms with Crippen LogP contribution in [0.3, 0.4) is 0 Å². The predicted molar refractivity (Wildman–Crippen MR) is 114 cm³/mol. The van der Waals surface area contributed by atoms with Crippen molar-refractivity contribution in [3.63, 3.8) is 0 Å². The zero-order valence-electron chi connectivity index (χ0n) is 18.4. The van der Waals surface area contributed by atoms with Crippen LogP contribution in [-0.4, -0.2) is 42.2 Å². The van der Waals surface area contributed by atoms with E-state index in [1.165, 1.54) is 6.07 Å². The van der Waals surface area contributed by atoms with Gasteiger partial charge in [-0.05, 0) is 31.0 Å². The molecule has 32 heavy (non-hydrogen) atoms. The molecule has 2 heterocycles. The highest BCUT2D eigenvalue weighted by atomic mass is 19.4. The van der Waals surface area contributed by atoms with Crippen LogP contribution in [0.2, 0.25) is 0 Å². The van der Waals surface area contributed by atoms with E-state index in [0.717, 1.165) is 18.9 Å². The van der Waals surface area contributed by atoms with E-state index in [-0.39, 0.29) is 34.1 Å². The summed E-state index contributed by atoms with van der Waals surface area (Å²) < 4.78 is 45.5. The molecule has 0 radical (unpaired) electrons. The van der Waals surface area contributed by atoms with Crippen LogP contribution in [0.5, 0.6) is 0 Å². The Morgan fingerprint density at radius 2 is 1.91 bits per heavy atom. The van der Waals surface area contributed by atoms with Gasteiger partial charge in [0, 0.05) is 43.3 Å². The summed E-state index contributed by atoms with van der Waals surface area (Å²) in [7, 11) is 3.22. The van der Waals surface area contributed by atoms with Gasteiger partial charge in [0.25, 0.3) is 0 Å². The highest BCUT2D eigenvalue weighted by Crippen LogP contribution is 2.43. The fourth-order valence-electron chi connectivity index (χ4n) is 3.77. The Labute approximate surface area is 183 Å². The van der Waals surface area contributed by atoms with Crippen molar-refractivity contribution >= 4 is 17.2 Å². The van der Waals surface area contributed by atoms with Crippen LogP contribution >= 0.6 is 0 Å². The number of nitrogens with zero attached hydrogens (tertiary/aromatic N) is 4. The number of methoxy groups -OCH3 is 1. The van der Waals surface area contributed by atoms with Crippen LogP contribution in [0.4, 0.5) is 30.4 Å². The first-order chi connectivity index (χ1) is 14.8. The van der Waals surface area contributed by atoms with E-state index in [4.69, 9.17) is 10.5 Å². The summed E-state index contributed by atoms with van der Waals surface area (Å²) in [5.74, 6) is -0.388. The molecule has 1 fully saturated rings. The first kappa shape index (κ1) is 23.7. The lowest BCUT2D eigenvalue weighted by Crippen LogP contribution is -2.35.